The highest BCUT2D eigenvalue weighted by Gasteiger charge is 2.36. The van der Waals surface area contributed by atoms with Crippen molar-refractivity contribution in [3.63, 3.8) is 0 Å². The van der Waals surface area contributed by atoms with Gasteiger partial charge in [0.1, 0.15) is 5.75 Å². The number of aliphatic carboxylic acids is 1. The van der Waals surface area contributed by atoms with Gasteiger partial charge in [0.05, 0.1) is 25.6 Å². The molecular formula is C18H25NO5. The number of carbonyl (C=O) groups excluding carboxylic acids is 1. The third-order valence-electron chi connectivity index (χ3n) is 4.36. The second-order valence-electron chi connectivity index (χ2n) is 6.26. The number of ether oxygens (including phenoxy) is 2. The molecule has 0 radical (unpaired) electrons. The molecule has 1 aliphatic rings. The van der Waals surface area contributed by atoms with Gasteiger partial charge in [0.25, 0.3) is 0 Å². The third-order valence-corrected chi connectivity index (χ3v) is 4.36. The maximum atomic E-state index is 12.4. The first kappa shape index (κ1) is 18.3. The van der Waals surface area contributed by atoms with Crippen LogP contribution >= 0.6 is 0 Å². The van der Waals surface area contributed by atoms with Crippen LogP contribution < -0.4 is 4.74 Å². The van der Waals surface area contributed by atoms with Crippen LogP contribution in [0.1, 0.15) is 30.4 Å². The van der Waals surface area contributed by atoms with Gasteiger partial charge < -0.3 is 19.5 Å². The quantitative estimate of drug-likeness (QED) is 0.826. The van der Waals surface area contributed by atoms with Gasteiger partial charge in [0.2, 0.25) is 5.91 Å². The number of carboxylic acids is 1. The first-order chi connectivity index (χ1) is 11.4. The third kappa shape index (κ3) is 4.71. The Morgan fingerprint density at radius 3 is 2.75 bits per heavy atom. The van der Waals surface area contributed by atoms with Crippen LogP contribution in [0.2, 0.25) is 0 Å². The summed E-state index contributed by atoms with van der Waals surface area (Å²) >= 11 is 0. The van der Waals surface area contributed by atoms with Crippen molar-refractivity contribution in [2.24, 2.45) is 0 Å². The van der Waals surface area contributed by atoms with Gasteiger partial charge in [-0.25, -0.2) is 0 Å². The molecule has 1 aromatic carbocycles. The summed E-state index contributed by atoms with van der Waals surface area (Å²) in [4.78, 5) is 25.0. The molecule has 0 saturated carbocycles. The predicted octanol–water partition coefficient (Wildman–Crippen LogP) is 2.16. The zero-order valence-corrected chi connectivity index (χ0v) is 14.4. The SMILES string of the molecule is COC1CC(CC(=O)O)N(C(=O)CCOc2cc(C)ccc2C)C1. The van der Waals surface area contributed by atoms with E-state index in [1.54, 1.807) is 12.0 Å². The van der Waals surface area contributed by atoms with Gasteiger partial charge in [-0.2, -0.15) is 0 Å². The Labute approximate surface area is 142 Å². The zero-order valence-electron chi connectivity index (χ0n) is 14.4. The number of hydrogen-bond acceptors (Lipinski definition) is 4. The molecule has 6 nitrogen and oxygen atoms in total. The van der Waals surface area contributed by atoms with E-state index in [2.05, 4.69) is 0 Å². The Bertz CT molecular complexity index is 601. The Hall–Kier alpha value is -2.08. The molecular weight excluding hydrogens is 310 g/mol. The number of likely N-dealkylation sites (tertiary alicyclic amines) is 1. The summed E-state index contributed by atoms with van der Waals surface area (Å²) in [5, 5.41) is 9.01. The Balaban J connectivity index is 1.90. The van der Waals surface area contributed by atoms with E-state index in [1.807, 2.05) is 32.0 Å². The lowest BCUT2D eigenvalue weighted by Gasteiger charge is -2.23. The molecule has 1 heterocycles. The van der Waals surface area contributed by atoms with Crippen LogP contribution in [0.3, 0.4) is 0 Å². The lowest BCUT2D eigenvalue weighted by Crippen LogP contribution is -2.38. The predicted molar refractivity (Wildman–Crippen MR) is 89.2 cm³/mol. The minimum Gasteiger partial charge on any atom is -0.493 e. The Kier molecular flexibility index (Phi) is 6.20. The van der Waals surface area contributed by atoms with Crippen LogP contribution in [-0.2, 0) is 14.3 Å². The molecule has 132 valence electrons. The summed E-state index contributed by atoms with van der Waals surface area (Å²) in [7, 11) is 1.58. The summed E-state index contributed by atoms with van der Waals surface area (Å²) in [6.07, 6.45) is 0.633. The second-order valence-corrected chi connectivity index (χ2v) is 6.26. The van der Waals surface area contributed by atoms with Crippen LogP contribution in [0.25, 0.3) is 0 Å². The van der Waals surface area contributed by atoms with E-state index in [4.69, 9.17) is 14.6 Å². The van der Waals surface area contributed by atoms with Crippen molar-refractivity contribution in [2.75, 3.05) is 20.3 Å². The van der Waals surface area contributed by atoms with Gasteiger partial charge in [0.15, 0.2) is 0 Å². The molecule has 2 rings (SSSR count). The number of hydrogen-bond donors (Lipinski definition) is 1. The van der Waals surface area contributed by atoms with Gasteiger partial charge in [-0.1, -0.05) is 12.1 Å². The van der Waals surface area contributed by atoms with Gasteiger partial charge >= 0.3 is 5.97 Å². The first-order valence-corrected chi connectivity index (χ1v) is 8.14. The first-order valence-electron chi connectivity index (χ1n) is 8.14. The van der Waals surface area contributed by atoms with Crippen molar-refractivity contribution in [1.82, 2.24) is 4.90 Å². The summed E-state index contributed by atoms with van der Waals surface area (Å²) in [6.45, 7) is 4.67. The maximum Gasteiger partial charge on any atom is 0.305 e. The summed E-state index contributed by atoms with van der Waals surface area (Å²) in [6, 6.07) is 5.64. The molecule has 1 fully saturated rings. The molecule has 0 bridgehead atoms. The highest BCUT2D eigenvalue weighted by Crippen LogP contribution is 2.24. The van der Waals surface area contributed by atoms with Crippen LogP contribution in [0.4, 0.5) is 0 Å². The molecule has 24 heavy (non-hydrogen) atoms. The molecule has 1 saturated heterocycles. The van der Waals surface area contributed by atoms with Crippen LogP contribution in [0.5, 0.6) is 5.75 Å². The fraction of sp³-hybridized carbons (Fsp3) is 0.556. The number of amides is 1. The highest BCUT2D eigenvalue weighted by atomic mass is 16.5. The number of benzene rings is 1. The smallest absolute Gasteiger partial charge is 0.305 e. The number of carbonyl (C=O) groups is 2. The van der Waals surface area contributed by atoms with Crippen LogP contribution in [-0.4, -0.2) is 54.3 Å². The topological polar surface area (TPSA) is 76.1 Å². The number of carboxylic acid groups (broad SMARTS) is 1. The van der Waals surface area contributed by atoms with E-state index >= 15 is 0 Å². The Morgan fingerprint density at radius 1 is 1.33 bits per heavy atom. The van der Waals surface area contributed by atoms with Crippen molar-refractivity contribution in [3.05, 3.63) is 29.3 Å². The maximum absolute atomic E-state index is 12.4. The average Bonchev–Trinajstić information content (AvgIpc) is 2.93. The van der Waals surface area contributed by atoms with Crippen molar-refractivity contribution >= 4 is 11.9 Å². The zero-order chi connectivity index (χ0) is 17.7. The van der Waals surface area contributed by atoms with E-state index in [9.17, 15) is 9.59 Å². The molecule has 1 N–H and O–H groups in total. The number of aryl methyl sites for hydroxylation is 2. The monoisotopic (exact) mass is 335 g/mol. The van der Waals surface area contributed by atoms with E-state index in [0.29, 0.717) is 13.0 Å². The molecule has 2 unspecified atom stereocenters. The molecule has 1 aliphatic heterocycles. The molecule has 0 aliphatic carbocycles. The van der Waals surface area contributed by atoms with Crippen LogP contribution in [0.15, 0.2) is 18.2 Å². The standard InChI is InChI=1S/C18H25NO5/c1-12-4-5-13(2)16(8-12)24-7-6-17(20)19-11-15(23-3)9-14(19)10-18(21)22/h4-5,8,14-15H,6-7,9-11H2,1-3H3,(H,21,22). The van der Waals surface area contributed by atoms with E-state index in [1.165, 1.54) is 0 Å². The fourth-order valence-electron chi connectivity index (χ4n) is 3.00. The lowest BCUT2D eigenvalue weighted by molar-refractivity contribution is -0.140. The van der Waals surface area contributed by atoms with E-state index < -0.39 is 5.97 Å². The molecule has 1 aromatic rings. The van der Waals surface area contributed by atoms with Crippen molar-refractivity contribution < 1.29 is 24.2 Å². The highest BCUT2D eigenvalue weighted by molar-refractivity contribution is 5.78. The molecule has 2 atom stereocenters. The van der Waals surface area contributed by atoms with Crippen molar-refractivity contribution in [1.29, 1.82) is 0 Å². The van der Waals surface area contributed by atoms with Gasteiger partial charge in [-0.3, -0.25) is 9.59 Å². The largest absolute Gasteiger partial charge is 0.493 e. The van der Waals surface area contributed by atoms with Crippen LogP contribution in [0, 0.1) is 13.8 Å². The normalized spacial score (nSPS) is 20.2. The number of rotatable bonds is 7. The summed E-state index contributed by atoms with van der Waals surface area (Å²) in [5.41, 5.74) is 2.13. The van der Waals surface area contributed by atoms with Gasteiger partial charge in [0, 0.05) is 19.7 Å². The average molecular weight is 335 g/mol. The van der Waals surface area contributed by atoms with Crippen molar-refractivity contribution in [3.8, 4) is 5.75 Å². The van der Waals surface area contributed by atoms with Crippen molar-refractivity contribution in [2.45, 2.75) is 45.3 Å². The van der Waals surface area contributed by atoms with Gasteiger partial charge in [-0.05, 0) is 37.5 Å². The van der Waals surface area contributed by atoms with Gasteiger partial charge in [-0.15, -0.1) is 0 Å². The minimum absolute atomic E-state index is 0.0521. The van der Waals surface area contributed by atoms with E-state index in [0.717, 1.165) is 16.9 Å². The fourth-order valence-corrected chi connectivity index (χ4v) is 3.00. The summed E-state index contributed by atoms with van der Waals surface area (Å²) < 4.78 is 11.0. The summed E-state index contributed by atoms with van der Waals surface area (Å²) in [5.74, 6) is -0.214. The molecule has 1 amide bonds. The second kappa shape index (κ2) is 8.15. The number of nitrogens with zero attached hydrogens (tertiary/aromatic N) is 1. The molecule has 0 spiro atoms. The lowest BCUT2D eigenvalue weighted by atomic mass is 10.1. The number of methoxy groups -OCH3 is 1. The van der Waals surface area contributed by atoms with E-state index in [-0.39, 0.29) is 37.5 Å². The molecule has 0 aromatic heterocycles. The Morgan fingerprint density at radius 2 is 2.08 bits per heavy atom. The molecule has 6 heteroatoms. The minimum atomic E-state index is -0.902.